The predicted molar refractivity (Wildman–Crippen MR) is 77.3 cm³/mol. The maximum atomic E-state index is 12.0. The Hall–Kier alpha value is -2.80. The average Bonchev–Trinajstić information content (AvgIpc) is 2.53. The number of aryl methyl sites for hydroxylation is 1. The smallest absolute Gasteiger partial charge is 0.269 e. The monoisotopic (exact) mass is 286 g/mol. The first-order chi connectivity index (χ1) is 10.1. The SMILES string of the molecule is NN(C(=O)CCc1cccnc1)c1ccc([N+](=O)[O-])cc1. The van der Waals surface area contributed by atoms with Gasteiger partial charge in [-0.1, -0.05) is 6.07 Å². The van der Waals surface area contributed by atoms with Crippen LogP contribution in [0.1, 0.15) is 12.0 Å². The zero-order valence-corrected chi connectivity index (χ0v) is 11.2. The molecule has 7 heteroatoms. The second kappa shape index (κ2) is 6.58. The topological polar surface area (TPSA) is 102 Å². The lowest BCUT2D eigenvalue weighted by molar-refractivity contribution is -0.384. The first kappa shape index (κ1) is 14.6. The molecule has 0 spiro atoms. The fourth-order valence-electron chi connectivity index (χ4n) is 1.80. The molecule has 0 bridgehead atoms. The number of amides is 1. The van der Waals surface area contributed by atoms with Gasteiger partial charge in [0.05, 0.1) is 10.6 Å². The predicted octanol–water partition coefficient (Wildman–Crippen LogP) is 1.83. The van der Waals surface area contributed by atoms with E-state index in [1.54, 1.807) is 18.5 Å². The molecular weight excluding hydrogens is 272 g/mol. The third-order valence-corrected chi connectivity index (χ3v) is 2.96. The number of hydrazine groups is 1. The van der Waals surface area contributed by atoms with E-state index in [9.17, 15) is 14.9 Å². The van der Waals surface area contributed by atoms with Crippen molar-refractivity contribution < 1.29 is 9.72 Å². The number of nitro groups is 1. The third-order valence-electron chi connectivity index (χ3n) is 2.96. The van der Waals surface area contributed by atoms with Crippen molar-refractivity contribution in [3.63, 3.8) is 0 Å². The molecular formula is C14H14N4O3. The molecule has 0 fully saturated rings. The second-order valence-corrected chi connectivity index (χ2v) is 4.40. The van der Waals surface area contributed by atoms with Gasteiger partial charge in [0.2, 0.25) is 5.91 Å². The number of benzene rings is 1. The van der Waals surface area contributed by atoms with Crippen molar-refractivity contribution in [2.45, 2.75) is 12.8 Å². The summed E-state index contributed by atoms with van der Waals surface area (Å²) < 4.78 is 0. The Kier molecular flexibility index (Phi) is 4.57. The number of nitro benzene ring substituents is 1. The van der Waals surface area contributed by atoms with E-state index >= 15 is 0 Å². The Bertz CT molecular complexity index is 628. The summed E-state index contributed by atoms with van der Waals surface area (Å²) in [5.74, 6) is 5.46. The zero-order valence-electron chi connectivity index (χ0n) is 11.2. The second-order valence-electron chi connectivity index (χ2n) is 4.40. The average molecular weight is 286 g/mol. The minimum atomic E-state index is -0.505. The number of carbonyl (C=O) groups excluding carboxylic acids is 1. The molecule has 1 heterocycles. The summed E-state index contributed by atoms with van der Waals surface area (Å²) in [7, 11) is 0. The highest BCUT2D eigenvalue weighted by Crippen LogP contribution is 2.18. The van der Waals surface area contributed by atoms with Crippen LogP contribution in [0.15, 0.2) is 48.8 Å². The number of pyridine rings is 1. The lowest BCUT2D eigenvalue weighted by atomic mass is 10.1. The molecule has 0 saturated carbocycles. The largest absolute Gasteiger partial charge is 0.273 e. The molecule has 2 aromatic rings. The summed E-state index contributed by atoms with van der Waals surface area (Å²) >= 11 is 0. The number of aromatic nitrogens is 1. The van der Waals surface area contributed by atoms with E-state index in [2.05, 4.69) is 4.98 Å². The van der Waals surface area contributed by atoms with Gasteiger partial charge in [0.25, 0.3) is 5.69 Å². The number of anilines is 1. The van der Waals surface area contributed by atoms with Gasteiger partial charge in [-0.2, -0.15) is 0 Å². The molecule has 0 radical (unpaired) electrons. The molecule has 21 heavy (non-hydrogen) atoms. The van der Waals surface area contributed by atoms with Gasteiger partial charge in [-0.25, -0.2) is 10.9 Å². The molecule has 0 atom stereocenters. The molecule has 7 nitrogen and oxygen atoms in total. The maximum Gasteiger partial charge on any atom is 0.269 e. The molecule has 1 aromatic carbocycles. The molecule has 108 valence electrons. The zero-order chi connectivity index (χ0) is 15.2. The van der Waals surface area contributed by atoms with Crippen LogP contribution in [0, 0.1) is 10.1 Å². The van der Waals surface area contributed by atoms with Gasteiger partial charge in [0, 0.05) is 30.9 Å². The Labute approximate surface area is 121 Å². The summed E-state index contributed by atoms with van der Waals surface area (Å²) in [4.78, 5) is 26.0. The van der Waals surface area contributed by atoms with Gasteiger partial charge in [0.15, 0.2) is 0 Å². The quantitative estimate of drug-likeness (QED) is 0.391. The van der Waals surface area contributed by atoms with Gasteiger partial charge in [-0.05, 0) is 30.2 Å². The van der Waals surface area contributed by atoms with Gasteiger partial charge in [0.1, 0.15) is 0 Å². The number of nitrogens with zero attached hydrogens (tertiary/aromatic N) is 3. The number of nitrogens with two attached hydrogens (primary N) is 1. The van der Waals surface area contributed by atoms with E-state index in [4.69, 9.17) is 5.84 Å². The third kappa shape index (κ3) is 3.83. The van der Waals surface area contributed by atoms with Gasteiger partial charge in [-0.3, -0.25) is 19.9 Å². The lowest BCUT2D eigenvalue weighted by Crippen LogP contribution is -2.37. The standard InChI is InChI=1S/C14H14N4O3/c15-17(12-4-6-13(7-5-12)18(20)21)14(19)8-3-11-2-1-9-16-10-11/h1-2,4-7,9-10H,3,8,15H2. The van der Waals surface area contributed by atoms with E-state index in [0.29, 0.717) is 12.1 Å². The molecule has 0 aliphatic rings. The Morgan fingerprint density at radius 2 is 2.00 bits per heavy atom. The van der Waals surface area contributed by atoms with Crippen LogP contribution in [0.25, 0.3) is 0 Å². The highest BCUT2D eigenvalue weighted by Gasteiger charge is 2.13. The molecule has 0 unspecified atom stereocenters. The number of non-ortho nitro benzene ring substituents is 1. The number of hydrogen-bond acceptors (Lipinski definition) is 5. The summed E-state index contributed by atoms with van der Waals surface area (Å²) in [5, 5.41) is 11.6. The van der Waals surface area contributed by atoms with Crippen LogP contribution < -0.4 is 10.9 Å². The minimum absolute atomic E-state index is 0.0463. The van der Waals surface area contributed by atoms with Gasteiger partial charge >= 0.3 is 0 Å². The molecule has 1 aromatic heterocycles. The van der Waals surface area contributed by atoms with E-state index in [0.717, 1.165) is 10.6 Å². The fourth-order valence-corrected chi connectivity index (χ4v) is 1.80. The van der Waals surface area contributed by atoms with Crippen molar-refractivity contribution in [2.24, 2.45) is 5.84 Å². The molecule has 2 rings (SSSR count). The normalized spacial score (nSPS) is 10.1. The van der Waals surface area contributed by atoms with Crippen molar-refractivity contribution in [1.29, 1.82) is 0 Å². The van der Waals surface area contributed by atoms with Crippen LogP contribution in [-0.4, -0.2) is 15.8 Å². The molecule has 1 amide bonds. The van der Waals surface area contributed by atoms with Crippen molar-refractivity contribution in [3.8, 4) is 0 Å². The number of hydrogen-bond donors (Lipinski definition) is 1. The van der Waals surface area contributed by atoms with Crippen LogP contribution in [0.2, 0.25) is 0 Å². The molecule has 0 saturated heterocycles. The van der Waals surface area contributed by atoms with Gasteiger partial charge < -0.3 is 0 Å². The van der Waals surface area contributed by atoms with Crippen LogP contribution in [0.3, 0.4) is 0 Å². The number of rotatable bonds is 5. The van der Waals surface area contributed by atoms with Crippen LogP contribution in [0.4, 0.5) is 11.4 Å². The Morgan fingerprint density at radius 1 is 1.29 bits per heavy atom. The Morgan fingerprint density at radius 3 is 2.57 bits per heavy atom. The van der Waals surface area contributed by atoms with Crippen molar-refractivity contribution in [3.05, 3.63) is 64.5 Å². The summed E-state index contributed by atoms with van der Waals surface area (Å²) in [6.45, 7) is 0. The van der Waals surface area contributed by atoms with Crippen LogP contribution >= 0.6 is 0 Å². The summed E-state index contributed by atoms with van der Waals surface area (Å²) in [6.07, 6.45) is 4.13. The minimum Gasteiger partial charge on any atom is -0.273 e. The van der Waals surface area contributed by atoms with E-state index in [1.165, 1.54) is 24.3 Å². The lowest BCUT2D eigenvalue weighted by Gasteiger charge is -2.16. The van der Waals surface area contributed by atoms with Crippen molar-refractivity contribution in [2.75, 3.05) is 5.01 Å². The highest BCUT2D eigenvalue weighted by atomic mass is 16.6. The van der Waals surface area contributed by atoms with Crippen molar-refractivity contribution >= 4 is 17.3 Å². The first-order valence-electron chi connectivity index (χ1n) is 6.29. The van der Waals surface area contributed by atoms with Gasteiger partial charge in [-0.15, -0.1) is 0 Å². The molecule has 0 aliphatic carbocycles. The van der Waals surface area contributed by atoms with E-state index in [1.807, 2.05) is 6.07 Å². The van der Waals surface area contributed by atoms with E-state index < -0.39 is 4.92 Å². The summed E-state index contributed by atoms with van der Waals surface area (Å²) in [5.41, 5.74) is 1.31. The highest BCUT2D eigenvalue weighted by molar-refractivity contribution is 5.92. The Balaban J connectivity index is 1.97. The first-order valence-corrected chi connectivity index (χ1v) is 6.29. The van der Waals surface area contributed by atoms with Crippen molar-refractivity contribution in [1.82, 2.24) is 4.98 Å². The van der Waals surface area contributed by atoms with E-state index in [-0.39, 0.29) is 18.0 Å². The van der Waals surface area contributed by atoms with Crippen LogP contribution in [-0.2, 0) is 11.2 Å². The maximum absolute atomic E-state index is 12.0. The molecule has 0 aliphatic heterocycles. The fraction of sp³-hybridized carbons (Fsp3) is 0.143. The summed E-state index contributed by atoms with van der Waals surface area (Å²) in [6, 6.07) is 9.19. The van der Waals surface area contributed by atoms with Crippen LogP contribution in [0.5, 0.6) is 0 Å². The number of carbonyl (C=O) groups is 1. The molecule has 2 N–H and O–H groups in total.